The molecule has 3 unspecified atom stereocenters. The van der Waals surface area contributed by atoms with Crippen LogP contribution in [0.25, 0.3) is 0 Å². The number of nitrogens with one attached hydrogen (secondary N) is 1. The zero-order valence-corrected chi connectivity index (χ0v) is 22.3. The van der Waals surface area contributed by atoms with Crippen molar-refractivity contribution in [1.29, 1.82) is 0 Å². The molecule has 1 aromatic heterocycles. The maximum Gasteiger partial charge on any atom is 0.261 e. The van der Waals surface area contributed by atoms with Crippen LogP contribution in [0.4, 0.5) is 0 Å². The predicted octanol–water partition coefficient (Wildman–Crippen LogP) is 2.70. The molecular weight excluding hydrogens is 506 g/mol. The van der Waals surface area contributed by atoms with Crippen molar-refractivity contribution >= 4 is 17.7 Å². The van der Waals surface area contributed by atoms with E-state index in [1.54, 1.807) is 24.5 Å². The van der Waals surface area contributed by atoms with Crippen molar-refractivity contribution in [2.45, 2.75) is 44.1 Å². The molecule has 6 rings (SSSR count). The second-order valence-corrected chi connectivity index (χ2v) is 10.7. The first-order valence-electron chi connectivity index (χ1n) is 13.8. The molecule has 0 aliphatic carbocycles. The van der Waals surface area contributed by atoms with E-state index in [9.17, 15) is 14.4 Å². The number of aromatic nitrogens is 1. The number of carbonyl (C=O) groups is 3. The number of rotatable bonds is 8. The summed E-state index contributed by atoms with van der Waals surface area (Å²) in [7, 11) is 0. The highest BCUT2D eigenvalue weighted by Crippen LogP contribution is 2.44. The number of hydrogen-bond acceptors (Lipinski definition) is 7. The molecule has 3 saturated heterocycles. The first kappa shape index (κ1) is 26.3. The Hall–Kier alpha value is -3.92. The van der Waals surface area contributed by atoms with Crippen LogP contribution < -0.4 is 5.32 Å². The summed E-state index contributed by atoms with van der Waals surface area (Å²) in [5, 5.41) is 4.67. The van der Waals surface area contributed by atoms with Gasteiger partial charge in [0.25, 0.3) is 5.91 Å². The lowest BCUT2D eigenvalue weighted by atomic mass is 9.91. The topological polar surface area (TPSA) is 95.1 Å². The number of pyridine rings is 1. The van der Waals surface area contributed by atoms with Crippen LogP contribution in [0.5, 0.6) is 0 Å². The van der Waals surface area contributed by atoms with Gasteiger partial charge in [-0.3, -0.25) is 34.0 Å². The number of nitrogens with zero attached hydrogens (tertiary/aromatic N) is 4. The van der Waals surface area contributed by atoms with E-state index in [1.165, 1.54) is 15.5 Å². The van der Waals surface area contributed by atoms with Crippen LogP contribution in [0.2, 0.25) is 0 Å². The maximum absolute atomic E-state index is 13.6. The molecule has 3 atom stereocenters. The Morgan fingerprint density at radius 2 is 1.48 bits per heavy atom. The number of piperidine rings is 1. The van der Waals surface area contributed by atoms with Crippen LogP contribution in [-0.4, -0.2) is 69.3 Å². The van der Waals surface area contributed by atoms with E-state index in [0.717, 1.165) is 43.6 Å². The van der Waals surface area contributed by atoms with Gasteiger partial charge in [0.15, 0.2) is 6.10 Å². The van der Waals surface area contributed by atoms with Gasteiger partial charge in [-0.15, -0.1) is 0 Å². The van der Waals surface area contributed by atoms with Crippen LogP contribution in [0, 0.1) is 5.92 Å². The second-order valence-electron chi connectivity index (χ2n) is 10.7. The summed E-state index contributed by atoms with van der Waals surface area (Å²) >= 11 is 0. The molecule has 3 aliphatic rings. The molecule has 0 saturated carbocycles. The van der Waals surface area contributed by atoms with Crippen molar-refractivity contribution < 1.29 is 19.2 Å². The molecule has 2 aromatic carbocycles. The molecule has 0 spiro atoms. The summed E-state index contributed by atoms with van der Waals surface area (Å²) < 4.78 is 0. The maximum atomic E-state index is 13.6. The Morgan fingerprint density at radius 3 is 2.12 bits per heavy atom. The Bertz CT molecular complexity index is 1330. The van der Waals surface area contributed by atoms with Gasteiger partial charge in [-0.25, -0.2) is 0 Å². The summed E-state index contributed by atoms with van der Waals surface area (Å²) in [5.41, 5.74) is 2.94. The van der Waals surface area contributed by atoms with E-state index in [0.29, 0.717) is 0 Å². The molecule has 3 aliphatic heterocycles. The average molecular weight is 540 g/mol. The van der Waals surface area contributed by atoms with Crippen LogP contribution in [0.1, 0.15) is 35.6 Å². The molecule has 9 heteroatoms. The average Bonchev–Trinajstić information content (AvgIpc) is 3.46. The van der Waals surface area contributed by atoms with Gasteiger partial charge in [-0.1, -0.05) is 60.7 Å². The zero-order valence-electron chi connectivity index (χ0n) is 22.3. The standard InChI is InChI=1S/C31H33N5O4/c37-26(33-25-13-17-34(18-14-25)19-22-7-3-1-4-8-22)21-36-28(24-11-15-32-16-12-24)27-29(40-36)31(39)35(30(27)38)20-23-9-5-2-6-10-23/h1-12,15-16,25,27-29H,13-14,17-21H2,(H,33,37). The third-order valence-corrected chi connectivity index (χ3v) is 8.02. The molecule has 9 nitrogen and oxygen atoms in total. The summed E-state index contributed by atoms with van der Waals surface area (Å²) in [6.45, 7) is 2.85. The van der Waals surface area contributed by atoms with E-state index >= 15 is 0 Å². The van der Waals surface area contributed by atoms with Gasteiger partial charge in [0.1, 0.15) is 6.54 Å². The number of amides is 3. The lowest BCUT2D eigenvalue weighted by Gasteiger charge is -2.33. The van der Waals surface area contributed by atoms with Crippen molar-refractivity contribution in [2.75, 3.05) is 19.6 Å². The van der Waals surface area contributed by atoms with E-state index in [-0.39, 0.29) is 36.9 Å². The lowest BCUT2D eigenvalue weighted by molar-refractivity contribution is -0.183. The number of hydroxylamine groups is 2. The normalized spacial score (nSPS) is 23.9. The number of fused-ring (bicyclic) bond motifs is 1. The highest BCUT2D eigenvalue weighted by atomic mass is 16.7. The number of hydrogen-bond donors (Lipinski definition) is 1. The monoisotopic (exact) mass is 539 g/mol. The largest absolute Gasteiger partial charge is 0.352 e. The Kier molecular flexibility index (Phi) is 7.68. The number of likely N-dealkylation sites (tertiary alicyclic amines) is 2. The minimum atomic E-state index is -0.955. The fourth-order valence-corrected chi connectivity index (χ4v) is 6.01. The van der Waals surface area contributed by atoms with Crippen molar-refractivity contribution in [3.05, 3.63) is 102 Å². The van der Waals surface area contributed by atoms with Gasteiger partial charge in [0.05, 0.1) is 18.5 Å². The Labute approximate surface area is 233 Å². The summed E-state index contributed by atoms with van der Waals surface area (Å²) in [4.78, 5) is 53.9. The van der Waals surface area contributed by atoms with E-state index < -0.39 is 18.1 Å². The minimum absolute atomic E-state index is 0.0660. The van der Waals surface area contributed by atoms with Gasteiger partial charge >= 0.3 is 0 Å². The number of carbonyl (C=O) groups excluding carboxylic acids is 3. The molecule has 3 fully saturated rings. The molecule has 0 radical (unpaired) electrons. The van der Waals surface area contributed by atoms with Gasteiger partial charge in [0, 0.05) is 38.1 Å². The van der Waals surface area contributed by atoms with Crippen molar-refractivity contribution in [3.63, 3.8) is 0 Å². The molecular formula is C31H33N5O4. The first-order valence-corrected chi connectivity index (χ1v) is 13.8. The molecule has 4 heterocycles. The highest BCUT2D eigenvalue weighted by molar-refractivity contribution is 6.07. The Morgan fingerprint density at radius 1 is 0.850 bits per heavy atom. The van der Waals surface area contributed by atoms with E-state index in [4.69, 9.17) is 4.84 Å². The number of imide groups is 1. The van der Waals surface area contributed by atoms with E-state index in [1.807, 2.05) is 36.4 Å². The van der Waals surface area contributed by atoms with Crippen LogP contribution in [0.3, 0.4) is 0 Å². The second kappa shape index (κ2) is 11.7. The number of benzene rings is 2. The SMILES string of the molecule is O=C(CN1OC2C(=O)N(Cc3ccccc3)C(=O)C2C1c1ccncc1)NC1CCN(Cc2ccccc2)CC1. The molecule has 3 amide bonds. The fraction of sp³-hybridized carbons (Fsp3) is 0.355. The highest BCUT2D eigenvalue weighted by Gasteiger charge is 2.59. The molecule has 0 bridgehead atoms. The summed E-state index contributed by atoms with van der Waals surface area (Å²) in [5.74, 6) is -1.56. The predicted molar refractivity (Wildman–Crippen MR) is 147 cm³/mol. The van der Waals surface area contributed by atoms with E-state index in [2.05, 4.69) is 39.5 Å². The molecule has 40 heavy (non-hydrogen) atoms. The smallest absolute Gasteiger partial charge is 0.261 e. The first-order chi connectivity index (χ1) is 19.6. The zero-order chi connectivity index (χ0) is 27.5. The lowest BCUT2D eigenvalue weighted by Crippen LogP contribution is -2.47. The third-order valence-electron chi connectivity index (χ3n) is 8.02. The molecule has 3 aromatic rings. The van der Waals surface area contributed by atoms with Crippen molar-refractivity contribution in [3.8, 4) is 0 Å². The van der Waals surface area contributed by atoms with Crippen LogP contribution >= 0.6 is 0 Å². The van der Waals surface area contributed by atoms with Crippen molar-refractivity contribution in [2.24, 2.45) is 5.92 Å². The summed E-state index contributed by atoms with van der Waals surface area (Å²) in [6, 6.07) is 22.9. The van der Waals surface area contributed by atoms with Gasteiger partial charge in [0.2, 0.25) is 11.8 Å². The minimum Gasteiger partial charge on any atom is -0.352 e. The van der Waals surface area contributed by atoms with Gasteiger partial charge < -0.3 is 5.32 Å². The van der Waals surface area contributed by atoms with Gasteiger partial charge in [-0.05, 0) is 41.7 Å². The third kappa shape index (κ3) is 5.54. The molecule has 1 N–H and O–H groups in total. The Balaban J connectivity index is 1.10. The fourth-order valence-electron chi connectivity index (χ4n) is 6.01. The van der Waals surface area contributed by atoms with Crippen LogP contribution in [0.15, 0.2) is 85.2 Å². The molecule has 206 valence electrons. The van der Waals surface area contributed by atoms with Gasteiger partial charge in [-0.2, -0.15) is 5.06 Å². The van der Waals surface area contributed by atoms with Crippen LogP contribution in [-0.2, 0) is 32.3 Å². The quantitative estimate of drug-likeness (QED) is 0.440. The van der Waals surface area contributed by atoms with Crippen molar-refractivity contribution in [1.82, 2.24) is 25.2 Å². The summed E-state index contributed by atoms with van der Waals surface area (Å²) in [6.07, 6.45) is 4.07.